The Morgan fingerprint density at radius 1 is 1.15 bits per heavy atom. The highest BCUT2D eigenvalue weighted by Gasteiger charge is 2.39. The van der Waals surface area contributed by atoms with E-state index in [1.54, 1.807) is 0 Å². The van der Waals surface area contributed by atoms with Crippen LogP contribution in [0.4, 0.5) is 0 Å². The third-order valence-electron chi connectivity index (χ3n) is 5.07. The zero-order chi connectivity index (χ0) is 19.8. The molecule has 0 aliphatic rings. The van der Waals surface area contributed by atoms with Gasteiger partial charge in [-0.15, -0.1) is 0 Å². The smallest absolute Gasteiger partial charge is 0.192 e. The molecule has 26 heavy (non-hydrogen) atoms. The third-order valence-corrected chi connectivity index (χ3v) is 9.61. The SMILES string of the molecule is CC[C@@H](O)CC(=O)C[C@@H](COCc1ccccc1)O[Si](C)(C)C(C)(C)C. The highest BCUT2D eigenvalue weighted by molar-refractivity contribution is 6.74. The van der Waals surface area contributed by atoms with Gasteiger partial charge in [0.1, 0.15) is 5.78 Å². The second kappa shape index (κ2) is 10.4. The molecule has 0 fully saturated rings. The summed E-state index contributed by atoms with van der Waals surface area (Å²) >= 11 is 0. The van der Waals surface area contributed by atoms with Gasteiger partial charge in [0.2, 0.25) is 0 Å². The number of Topliss-reactive ketones (excluding diaryl/α,β-unsaturated/α-hetero) is 1. The lowest BCUT2D eigenvalue weighted by Crippen LogP contribution is -2.45. The van der Waals surface area contributed by atoms with E-state index in [0.29, 0.717) is 26.1 Å². The number of rotatable bonds is 11. The van der Waals surface area contributed by atoms with Crippen molar-refractivity contribution in [2.45, 2.75) is 83.9 Å². The Hall–Kier alpha value is -1.01. The number of aliphatic hydroxyl groups is 1. The number of carbonyl (C=O) groups excluding carboxylic acids is 1. The minimum atomic E-state index is -2.01. The molecule has 1 N–H and O–H groups in total. The normalized spacial score (nSPS) is 14.9. The Morgan fingerprint density at radius 3 is 2.31 bits per heavy atom. The molecule has 148 valence electrons. The average molecular weight is 381 g/mol. The second-order valence-corrected chi connectivity index (χ2v) is 13.3. The number of hydrogen-bond donors (Lipinski definition) is 1. The van der Waals surface area contributed by atoms with Crippen LogP contribution in [0.5, 0.6) is 0 Å². The summed E-state index contributed by atoms with van der Waals surface area (Å²) in [7, 11) is -2.01. The molecule has 0 spiro atoms. The van der Waals surface area contributed by atoms with Crippen molar-refractivity contribution in [1.29, 1.82) is 0 Å². The van der Waals surface area contributed by atoms with Crippen molar-refractivity contribution in [2.75, 3.05) is 6.61 Å². The van der Waals surface area contributed by atoms with Gasteiger partial charge in [-0.25, -0.2) is 0 Å². The Balaban J connectivity index is 2.69. The molecule has 1 aromatic carbocycles. The number of hydrogen-bond acceptors (Lipinski definition) is 4. The van der Waals surface area contributed by atoms with Gasteiger partial charge in [-0.1, -0.05) is 58.0 Å². The van der Waals surface area contributed by atoms with Crippen LogP contribution >= 0.6 is 0 Å². The van der Waals surface area contributed by atoms with Crippen LogP contribution in [0.25, 0.3) is 0 Å². The molecular formula is C21H36O4Si. The molecule has 0 bridgehead atoms. The highest BCUT2D eigenvalue weighted by atomic mass is 28.4. The molecule has 0 aliphatic carbocycles. The summed E-state index contributed by atoms with van der Waals surface area (Å²) in [5.41, 5.74) is 1.10. The van der Waals surface area contributed by atoms with Gasteiger partial charge in [-0.3, -0.25) is 4.79 Å². The lowest BCUT2D eigenvalue weighted by Gasteiger charge is -2.39. The van der Waals surface area contributed by atoms with Crippen molar-refractivity contribution < 1.29 is 19.1 Å². The monoisotopic (exact) mass is 380 g/mol. The molecule has 0 aromatic heterocycles. The first-order chi connectivity index (χ1) is 12.0. The minimum absolute atomic E-state index is 0.0337. The van der Waals surface area contributed by atoms with Crippen molar-refractivity contribution in [1.82, 2.24) is 0 Å². The van der Waals surface area contributed by atoms with Crippen molar-refractivity contribution in [2.24, 2.45) is 0 Å². The lowest BCUT2D eigenvalue weighted by atomic mass is 10.1. The highest BCUT2D eigenvalue weighted by Crippen LogP contribution is 2.37. The summed E-state index contributed by atoms with van der Waals surface area (Å²) in [5.74, 6) is 0.0337. The van der Waals surface area contributed by atoms with Crippen LogP contribution < -0.4 is 0 Å². The largest absolute Gasteiger partial charge is 0.411 e. The molecule has 4 nitrogen and oxygen atoms in total. The maximum absolute atomic E-state index is 12.3. The maximum Gasteiger partial charge on any atom is 0.192 e. The van der Waals surface area contributed by atoms with Crippen LogP contribution in [0.3, 0.4) is 0 Å². The zero-order valence-corrected chi connectivity index (χ0v) is 18.2. The number of ether oxygens (including phenoxy) is 1. The van der Waals surface area contributed by atoms with E-state index in [0.717, 1.165) is 5.56 Å². The number of carbonyl (C=O) groups is 1. The number of benzene rings is 1. The molecule has 0 radical (unpaired) electrons. The average Bonchev–Trinajstić information content (AvgIpc) is 2.54. The van der Waals surface area contributed by atoms with Crippen LogP contribution in [0.1, 0.15) is 52.5 Å². The van der Waals surface area contributed by atoms with E-state index in [1.807, 2.05) is 37.3 Å². The Kier molecular flexibility index (Phi) is 9.17. The molecule has 0 saturated heterocycles. The maximum atomic E-state index is 12.3. The van der Waals surface area contributed by atoms with Gasteiger partial charge in [-0.2, -0.15) is 0 Å². The standard InChI is InChI=1S/C21H36O4Si/c1-7-18(22)13-19(23)14-20(25-26(5,6)21(2,3)4)16-24-15-17-11-9-8-10-12-17/h8-12,18,20,22H,7,13-16H2,1-6H3/t18-,20+/m1/s1. The molecule has 0 unspecified atom stereocenters. The molecule has 1 rings (SSSR count). The summed E-state index contributed by atoms with van der Waals surface area (Å²) in [6.45, 7) is 13.7. The van der Waals surface area contributed by atoms with E-state index in [2.05, 4.69) is 33.9 Å². The molecular weight excluding hydrogens is 344 g/mol. The lowest BCUT2D eigenvalue weighted by molar-refractivity contribution is -0.123. The molecule has 0 saturated carbocycles. The molecule has 0 amide bonds. The van der Waals surface area contributed by atoms with E-state index in [9.17, 15) is 9.90 Å². The number of aliphatic hydroxyl groups excluding tert-OH is 1. The zero-order valence-electron chi connectivity index (χ0n) is 17.2. The van der Waals surface area contributed by atoms with Crippen molar-refractivity contribution in [3.8, 4) is 0 Å². The number of ketones is 1. The first kappa shape index (κ1) is 23.0. The fraction of sp³-hybridized carbons (Fsp3) is 0.667. The van der Waals surface area contributed by atoms with Crippen molar-refractivity contribution >= 4 is 14.1 Å². The van der Waals surface area contributed by atoms with Gasteiger partial charge >= 0.3 is 0 Å². The topological polar surface area (TPSA) is 55.8 Å². The third kappa shape index (κ3) is 8.12. The van der Waals surface area contributed by atoms with E-state index >= 15 is 0 Å². The van der Waals surface area contributed by atoms with E-state index < -0.39 is 14.4 Å². The molecule has 1 aromatic rings. The second-order valence-electron chi connectivity index (χ2n) is 8.51. The van der Waals surface area contributed by atoms with Gasteiger partial charge in [-0.05, 0) is 30.1 Å². The van der Waals surface area contributed by atoms with Gasteiger partial charge in [0, 0.05) is 12.8 Å². The Morgan fingerprint density at radius 2 is 1.77 bits per heavy atom. The van der Waals surface area contributed by atoms with Crippen LogP contribution in [0, 0.1) is 0 Å². The Labute approximate surface area is 160 Å². The predicted octanol–water partition coefficient (Wildman–Crippen LogP) is 4.71. The summed E-state index contributed by atoms with van der Waals surface area (Å²) < 4.78 is 12.3. The Bertz CT molecular complexity index is 537. The minimum Gasteiger partial charge on any atom is -0.411 e. The summed E-state index contributed by atoms with van der Waals surface area (Å²) in [5, 5.41) is 9.81. The summed E-state index contributed by atoms with van der Waals surface area (Å²) in [4.78, 5) is 12.3. The fourth-order valence-corrected chi connectivity index (χ4v) is 3.69. The summed E-state index contributed by atoms with van der Waals surface area (Å²) in [6.07, 6.45) is 0.229. The first-order valence-corrected chi connectivity index (χ1v) is 12.4. The van der Waals surface area contributed by atoms with E-state index in [-0.39, 0.29) is 23.3 Å². The van der Waals surface area contributed by atoms with E-state index in [1.165, 1.54) is 0 Å². The first-order valence-electron chi connectivity index (χ1n) is 9.54. The van der Waals surface area contributed by atoms with Gasteiger partial charge < -0.3 is 14.3 Å². The van der Waals surface area contributed by atoms with Crippen LogP contribution in [0.15, 0.2) is 30.3 Å². The van der Waals surface area contributed by atoms with Gasteiger partial charge in [0.15, 0.2) is 8.32 Å². The summed E-state index contributed by atoms with van der Waals surface area (Å²) in [6, 6.07) is 9.99. The predicted molar refractivity (Wildman–Crippen MR) is 109 cm³/mol. The van der Waals surface area contributed by atoms with Crippen molar-refractivity contribution in [3.63, 3.8) is 0 Å². The molecule has 5 heteroatoms. The van der Waals surface area contributed by atoms with Gasteiger partial charge in [0.25, 0.3) is 0 Å². The molecule has 2 atom stereocenters. The fourth-order valence-electron chi connectivity index (χ4n) is 2.35. The quantitative estimate of drug-likeness (QED) is 0.565. The van der Waals surface area contributed by atoms with Gasteiger partial charge in [0.05, 0.1) is 25.4 Å². The van der Waals surface area contributed by atoms with Crippen LogP contribution in [0.2, 0.25) is 18.1 Å². The van der Waals surface area contributed by atoms with Crippen LogP contribution in [-0.2, 0) is 20.6 Å². The molecule has 0 heterocycles. The van der Waals surface area contributed by atoms with E-state index in [4.69, 9.17) is 9.16 Å². The van der Waals surface area contributed by atoms with Crippen LogP contribution in [-0.4, -0.2) is 38.0 Å². The van der Waals surface area contributed by atoms with Crippen molar-refractivity contribution in [3.05, 3.63) is 35.9 Å². The molecule has 0 aliphatic heterocycles.